The zero-order valence-electron chi connectivity index (χ0n) is 1.85. The van der Waals surface area contributed by atoms with Crippen LogP contribution in [0.15, 0.2) is 0 Å². The third kappa shape index (κ3) is 24.9. The topological polar surface area (TPSA) is 17.1 Å². The molecule has 0 aliphatic heterocycles. The quantitative estimate of drug-likeness (QED) is 0.541. The second kappa shape index (κ2) is 39.4. The van der Waals surface area contributed by atoms with Gasteiger partial charge in [-0.3, -0.25) is 0 Å². The molecule has 5 heavy (non-hydrogen) atoms. The van der Waals surface area contributed by atoms with Crippen LogP contribution in [-0.4, -0.2) is 0 Å². The summed E-state index contributed by atoms with van der Waals surface area (Å²) in [7, 11) is 0. The Morgan fingerprint density at radius 3 is 1.20 bits per heavy atom. The molecule has 38 valence electrons. The second-order valence-electron chi connectivity index (χ2n) is 0. The van der Waals surface area contributed by atoms with Gasteiger partial charge in [-0.25, -0.2) is 0 Å². The van der Waals surface area contributed by atoms with Crippen molar-refractivity contribution in [3.8, 4) is 0 Å². The Morgan fingerprint density at radius 2 is 1.20 bits per heavy atom. The summed E-state index contributed by atoms with van der Waals surface area (Å²) in [5.41, 5.74) is 0. The first-order valence-corrected chi connectivity index (χ1v) is 0.508. The first kappa shape index (κ1) is 28.6. The molecule has 0 amide bonds. The molecule has 0 rings (SSSR count). The molecule has 0 bridgehead atoms. The molecule has 1 radical (unpaired) electrons. The fourth-order valence-corrected chi connectivity index (χ4v) is 0. The van der Waals surface area contributed by atoms with Crippen LogP contribution in [0.1, 0.15) is 0 Å². The van der Waals surface area contributed by atoms with Gasteiger partial charge in [-0.15, -0.1) is 0 Å². The van der Waals surface area contributed by atoms with Crippen LogP contribution in [0.4, 0.5) is 0 Å². The van der Waals surface area contributed by atoms with Crippen molar-refractivity contribution in [3.05, 3.63) is 0 Å². The molecule has 0 aromatic carbocycles. The van der Waals surface area contributed by atoms with Crippen LogP contribution in [-0.2, 0) is 71.3 Å². The van der Waals surface area contributed by atoms with E-state index < -0.39 is 0 Å². The monoisotopic (exact) mass is 242 g/mol. The number of hydrogen-bond donors (Lipinski definition) is 0. The van der Waals surface area contributed by atoms with Crippen LogP contribution in [0.2, 0.25) is 0 Å². The summed E-state index contributed by atoms with van der Waals surface area (Å²) in [5, 5.41) is 0. The van der Waals surface area contributed by atoms with E-state index in [1.807, 2.05) is 0 Å². The van der Waals surface area contributed by atoms with Gasteiger partial charge in [0.05, 0.1) is 0 Å². The van der Waals surface area contributed by atoms with Gasteiger partial charge in [0.2, 0.25) is 0 Å². The Kier molecular flexibility index (Phi) is 226. The van der Waals surface area contributed by atoms with Gasteiger partial charge in [0, 0.05) is 51.5 Å². The van der Waals surface area contributed by atoms with Crippen molar-refractivity contribution >= 4 is 0 Å². The Labute approximate surface area is 70.7 Å². The minimum absolute atomic E-state index is 0. The van der Waals surface area contributed by atoms with Crippen LogP contribution in [0, 0.1) is 0 Å². The molecule has 0 aromatic heterocycles. The second-order valence-corrected chi connectivity index (χ2v) is 0. The predicted octanol–water partition coefficient (Wildman–Crippen LogP) is -0.129. The summed E-state index contributed by atoms with van der Waals surface area (Å²) in [6.07, 6.45) is 0. The molecule has 0 N–H and O–H groups in total. The van der Waals surface area contributed by atoms with Gasteiger partial charge in [0.25, 0.3) is 0 Å². The van der Waals surface area contributed by atoms with Crippen molar-refractivity contribution in [1.29, 1.82) is 0 Å². The molecule has 0 atom stereocenters. The molecule has 0 aliphatic rings. The zero-order chi connectivity index (χ0) is 2.00. The van der Waals surface area contributed by atoms with Gasteiger partial charge < -0.3 is 0 Å². The van der Waals surface area contributed by atoms with E-state index >= 15 is 0 Å². The summed E-state index contributed by atoms with van der Waals surface area (Å²) >= 11 is 2.94. The summed E-state index contributed by atoms with van der Waals surface area (Å²) < 4.78 is 7.81. The van der Waals surface area contributed by atoms with E-state index in [1.54, 1.807) is 0 Å². The third-order valence-electron chi connectivity index (χ3n) is 0. The molecule has 0 aliphatic carbocycles. The summed E-state index contributed by atoms with van der Waals surface area (Å²) in [4.78, 5) is 0. The van der Waals surface area contributed by atoms with Gasteiger partial charge >= 0.3 is 19.8 Å². The van der Waals surface area contributed by atoms with E-state index in [4.69, 9.17) is 3.83 Å². The molecule has 0 spiro atoms. The van der Waals surface area contributed by atoms with Gasteiger partial charge in [0.1, 0.15) is 0 Å². The van der Waals surface area contributed by atoms with Crippen LogP contribution >= 0.6 is 0 Å². The Balaban J connectivity index is -0.00000000167. The van der Waals surface area contributed by atoms with E-state index in [9.17, 15) is 0 Å². The average molecular weight is 242 g/mol. The van der Waals surface area contributed by atoms with Crippen molar-refractivity contribution in [1.82, 2.24) is 0 Å². The Hall–Kier alpha value is 1.89. The standard InChI is InChI=1S/Cr.Cu.Fe.Mn.O. The average Bonchev–Trinajstić information content (AvgIpc) is 1.00. The molecule has 0 unspecified atom stereocenters. The normalized spacial score (nSPS) is 1.20. The minimum atomic E-state index is 0. The van der Waals surface area contributed by atoms with E-state index in [0.717, 1.165) is 0 Å². The van der Waals surface area contributed by atoms with Crippen molar-refractivity contribution in [3.63, 3.8) is 0 Å². The van der Waals surface area contributed by atoms with Crippen LogP contribution < -0.4 is 0 Å². The van der Waals surface area contributed by atoms with Crippen LogP contribution in [0.5, 0.6) is 0 Å². The van der Waals surface area contributed by atoms with Gasteiger partial charge in [-0.1, -0.05) is 0 Å². The maximum absolute atomic E-state index is 7.81. The maximum atomic E-state index is 7.81. The summed E-state index contributed by atoms with van der Waals surface area (Å²) in [5.74, 6) is 0. The van der Waals surface area contributed by atoms with Crippen LogP contribution in [0.3, 0.4) is 0 Å². The van der Waals surface area contributed by atoms with Crippen molar-refractivity contribution in [2.45, 2.75) is 0 Å². The molecule has 0 saturated heterocycles. The fraction of sp³-hybridized carbons (Fsp3) is 0. The molecule has 0 fully saturated rings. The van der Waals surface area contributed by atoms with Gasteiger partial charge in [-0.05, 0) is 0 Å². The van der Waals surface area contributed by atoms with Gasteiger partial charge in [0.15, 0.2) is 0 Å². The van der Waals surface area contributed by atoms with Crippen molar-refractivity contribution in [2.75, 3.05) is 0 Å². The summed E-state index contributed by atoms with van der Waals surface area (Å²) in [6.45, 7) is 0. The molecule has 0 aromatic rings. The SMILES string of the molecule is [Cr].[Fe].[Mn].[O]=[Cu]. The Bertz CT molecular complexity index is 11.6. The molecule has 1 nitrogen and oxygen atoms in total. The Morgan fingerprint density at radius 1 is 1.20 bits per heavy atom. The zero-order valence-corrected chi connectivity index (χ0v) is 6.35. The molecular formula is CrCuFeMnO. The van der Waals surface area contributed by atoms with E-state index in [1.165, 1.54) is 0 Å². The van der Waals surface area contributed by atoms with E-state index in [0.29, 0.717) is 0 Å². The molecule has 5 heteroatoms. The predicted molar refractivity (Wildman–Crippen MR) is 0.686 cm³/mol. The number of hydrogen-bond acceptors (Lipinski definition) is 1. The van der Waals surface area contributed by atoms with Crippen molar-refractivity contribution < 1.29 is 71.3 Å². The summed E-state index contributed by atoms with van der Waals surface area (Å²) in [6, 6.07) is 0. The van der Waals surface area contributed by atoms with E-state index in [-0.39, 0.29) is 51.5 Å². The third-order valence-corrected chi connectivity index (χ3v) is 0. The van der Waals surface area contributed by atoms with E-state index in [2.05, 4.69) is 15.9 Å². The first-order valence-electron chi connectivity index (χ1n) is 0.123. The first-order chi connectivity index (χ1) is 1.00. The van der Waals surface area contributed by atoms with Gasteiger partial charge in [-0.2, -0.15) is 0 Å². The van der Waals surface area contributed by atoms with Crippen molar-refractivity contribution in [2.24, 2.45) is 0 Å². The molecular weight excluding hydrogens is 242 g/mol. The van der Waals surface area contributed by atoms with Crippen LogP contribution in [0.25, 0.3) is 0 Å². The molecule has 0 saturated carbocycles. The number of rotatable bonds is 0. The fourth-order valence-electron chi connectivity index (χ4n) is 0. The molecule has 0 heterocycles.